The first-order chi connectivity index (χ1) is 28.5. The van der Waals surface area contributed by atoms with Crippen LogP contribution in [0.1, 0.15) is 83.1 Å². The van der Waals surface area contributed by atoms with Crippen molar-refractivity contribution in [2.45, 2.75) is 26.6 Å². The van der Waals surface area contributed by atoms with Crippen LogP contribution < -0.4 is 5.32 Å². The van der Waals surface area contributed by atoms with Crippen LogP contribution in [-0.2, 0) is 11.2 Å². The van der Waals surface area contributed by atoms with Gasteiger partial charge in [-0.2, -0.15) is 0 Å². The molecular formula is C49H45Cl2NO7. The van der Waals surface area contributed by atoms with Gasteiger partial charge in [-0.15, -0.1) is 23.2 Å². The van der Waals surface area contributed by atoms with Gasteiger partial charge in [0.25, 0.3) is 0 Å². The zero-order valence-electron chi connectivity index (χ0n) is 32.6. The Bertz CT molecular complexity index is 2240. The highest BCUT2D eigenvalue weighted by Crippen LogP contribution is 2.14. The lowest BCUT2D eigenvalue weighted by Crippen LogP contribution is -2.23. The number of carbonyl (C=O) groups is 5. The fraction of sp³-hybridized carbons (Fsp3) is 0.122. The number of hydrogen-bond donors (Lipinski definition) is 3. The van der Waals surface area contributed by atoms with E-state index in [0.717, 1.165) is 23.1 Å². The molecular weight excluding hydrogens is 785 g/mol. The van der Waals surface area contributed by atoms with E-state index in [0.29, 0.717) is 34.4 Å². The number of halogens is 2. The monoisotopic (exact) mass is 829 g/mol. The Labute approximate surface area is 354 Å². The molecule has 59 heavy (non-hydrogen) atoms. The second-order valence-electron chi connectivity index (χ2n) is 12.5. The minimum atomic E-state index is -1.53. The summed E-state index contributed by atoms with van der Waals surface area (Å²) in [7, 11) is 0. The van der Waals surface area contributed by atoms with Crippen LogP contribution >= 0.6 is 23.2 Å². The van der Waals surface area contributed by atoms with Gasteiger partial charge in [0.05, 0.1) is 5.34 Å². The second kappa shape index (κ2) is 25.9. The molecule has 0 aliphatic rings. The molecule has 5 aromatic carbocycles. The number of aliphatic hydroxyl groups is 2. The minimum Gasteiger partial charge on any atom is -0.365 e. The molecule has 0 atom stereocenters. The Balaban J connectivity index is 0.000000306. The minimum absolute atomic E-state index is 0.183. The zero-order chi connectivity index (χ0) is 43.0. The molecule has 0 aliphatic heterocycles. The summed E-state index contributed by atoms with van der Waals surface area (Å²) in [4.78, 5) is 61.5. The van der Waals surface area contributed by atoms with E-state index < -0.39 is 29.4 Å². The number of amides is 1. The molecule has 0 heterocycles. The topological polar surface area (TPSA) is 138 Å². The van der Waals surface area contributed by atoms with Crippen molar-refractivity contribution in [3.05, 3.63) is 202 Å². The lowest BCUT2D eigenvalue weighted by molar-refractivity contribution is -0.116. The molecule has 1 amide bonds. The summed E-state index contributed by atoms with van der Waals surface area (Å²) in [6.45, 7) is 4.38. The Morgan fingerprint density at radius 1 is 0.525 bits per heavy atom. The molecule has 0 unspecified atom stereocenters. The van der Waals surface area contributed by atoms with Crippen LogP contribution in [-0.4, -0.2) is 57.4 Å². The van der Waals surface area contributed by atoms with E-state index in [1.807, 2.05) is 68.5 Å². The van der Waals surface area contributed by atoms with Crippen molar-refractivity contribution in [2.75, 3.05) is 11.9 Å². The number of hydrogen-bond acceptors (Lipinski definition) is 7. The number of benzene rings is 5. The van der Waals surface area contributed by atoms with Crippen LogP contribution in [0.3, 0.4) is 0 Å². The van der Waals surface area contributed by atoms with E-state index in [1.165, 1.54) is 35.9 Å². The van der Waals surface area contributed by atoms with E-state index in [4.69, 9.17) is 33.4 Å². The lowest BCUT2D eigenvalue weighted by Gasteiger charge is -2.03. The summed E-state index contributed by atoms with van der Waals surface area (Å²) >= 11 is 9.53. The van der Waals surface area contributed by atoms with Gasteiger partial charge in [-0.05, 0) is 60.2 Å². The summed E-state index contributed by atoms with van der Waals surface area (Å²) in [5, 5.41) is 20.6. The standard InChI is InChI=1S/C28H25NO3.C20H18O4.CH2Cl2/c1-2-6-21-9-14-24(15-10-21)27(31)28(32)25-16-11-23(12-17-25)13-18-26(30)29-20-19-22-7-4-3-5-8-22;1-2-3-14-4-9-16(10-5-14)19(23)20(24)17-11-6-15(7-12-17)8-13-18(21)22;2-1-3/h2-18H,19-20H2,1H3,(H,29,30);2-13,18,21-22H,1H3;1H2/b6-2+,18-13+;3-2+,13-8+;. The molecule has 10 heteroatoms. The highest BCUT2D eigenvalue weighted by molar-refractivity contribution is 6.49. The smallest absolute Gasteiger partial charge is 0.244 e. The molecule has 8 nitrogen and oxygen atoms in total. The molecule has 3 N–H and O–H groups in total. The predicted octanol–water partition coefficient (Wildman–Crippen LogP) is 9.69. The van der Waals surface area contributed by atoms with Gasteiger partial charge < -0.3 is 15.5 Å². The van der Waals surface area contributed by atoms with Crippen molar-refractivity contribution in [3.8, 4) is 0 Å². The van der Waals surface area contributed by atoms with Gasteiger partial charge in [0, 0.05) is 34.9 Å². The number of carbonyl (C=O) groups excluding carboxylic acids is 5. The van der Waals surface area contributed by atoms with Crippen LogP contribution in [0, 0.1) is 0 Å². The zero-order valence-corrected chi connectivity index (χ0v) is 34.1. The Hall–Kier alpha value is -6.29. The summed E-state index contributed by atoms with van der Waals surface area (Å²) in [5.41, 5.74) is 5.88. The average molecular weight is 831 g/mol. The Morgan fingerprint density at radius 2 is 0.864 bits per heavy atom. The van der Waals surface area contributed by atoms with Gasteiger partial charge >= 0.3 is 0 Å². The molecule has 0 saturated heterocycles. The van der Waals surface area contributed by atoms with Crippen LogP contribution in [0.2, 0.25) is 0 Å². The van der Waals surface area contributed by atoms with Crippen molar-refractivity contribution >= 4 is 76.5 Å². The van der Waals surface area contributed by atoms with Crippen molar-refractivity contribution in [1.29, 1.82) is 0 Å². The fourth-order valence-corrected chi connectivity index (χ4v) is 5.29. The second-order valence-corrected chi connectivity index (χ2v) is 13.3. The maximum Gasteiger partial charge on any atom is 0.244 e. The number of nitrogens with one attached hydrogen (secondary N) is 1. The quantitative estimate of drug-likeness (QED) is 0.0314. The van der Waals surface area contributed by atoms with E-state index in [2.05, 4.69) is 5.32 Å². The van der Waals surface area contributed by atoms with Crippen LogP contribution in [0.25, 0.3) is 24.3 Å². The largest absolute Gasteiger partial charge is 0.365 e. The lowest BCUT2D eigenvalue weighted by atomic mass is 9.99. The summed E-state index contributed by atoms with van der Waals surface area (Å²) in [5.74, 6) is -2.42. The number of ketones is 4. The number of aliphatic hydroxyl groups excluding tert-OH is 1. The van der Waals surface area contributed by atoms with Crippen LogP contribution in [0.4, 0.5) is 0 Å². The molecule has 0 fully saturated rings. The first kappa shape index (κ1) is 47.1. The van der Waals surface area contributed by atoms with Gasteiger partial charge in [-0.1, -0.05) is 158 Å². The third-order valence-electron chi connectivity index (χ3n) is 8.27. The molecule has 5 rings (SSSR count). The first-order valence-electron chi connectivity index (χ1n) is 18.5. The van der Waals surface area contributed by atoms with Gasteiger partial charge in [-0.25, -0.2) is 0 Å². The maximum absolute atomic E-state index is 12.5. The molecule has 0 aliphatic carbocycles. The van der Waals surface area contributed by atoms with E-state index in [9.17, 15) is 24.0 Å². The molecule has 0 saturated carbocycles. The normalized spacial score (nSPS) is 11.0. The highest BCUT2D eigenvalue weighted by Gasteiger charge is 2.19. The van der Waals surface area contributed by atoms with Crippen molar-refractivity contribution < 1.29 is 34.2 Å². The number of Topliss-reactive ketones (excluding diaryl/α,β-unsaturated/α-hetero) is 4. The third-order valence-corrected chi connectivity index (χ3v) is 8.27. The molecule has 0 aromatic heterocycles. The third kappa shape index (κ3) is 16.6. The molecule has 0 bridgehead atoms. The maximum atomic E-state index is 12.5. The number of rotatable bonds is 15. The molecule has 0 radical (unpaired) electrons. The summed E-state index contributed by atoms with van der Waals surface area (Å²) in [6.07, 6.45) is 12.7. The van der Waals surface area contributed by atoms with E-state index in [1.54, 1.807) is 91.0 Å². The van der Waals surface area contributed by atoms with Crippen molar-refractivity contribution in [1.82, 2.24) is 5.32 Å². The van der Waals surface area contributed by atoms with Gasteiger partial charge in [0.1, 0.15) is 0 Å². The molecule has 5 aromatic rings. The van der Waals surface area contributed by atoms with Gasteiger partial charge in [-0.3, -0.25) is 24.0 Å². The van der Waals surface area contributed by atoms with Gasteiger partial charge in [0.2, 0.25) is 29.0 Å². The van der Waals surface area contributed by atoms with Crippen LogP contribution in [0.5, 0.6) is 0 Å². The highest BCUT2D eigenvalue weighted by atomic mass is 35.5. The van der Waals surface area contributed by atoms with Gasteiger partial charge in [0.15, 0.2) is 6.29 Å². The van der Waals surface area contributed by atoms with E-state index in [-0.39, 0.29) is 11.2 Å². The van der Waals surface area contributed by atoms with Crippen molar-refractivity contribution in [2.24, 2.45) is 0 Å². The Morgan fingerprint density at radius 3 is 1.20 bits per heavy atom. The number of allylic oxidation sites excluding steroid dienone is 2. The summed E-state index contributed by atoms with van der Waals surface area (Å²) in [6, 6.07) is 36.7. The van der Waals surface area contributed by atoms with Crippen LogP contribution in [0.15, 0.2) is 152 Å². The fourth-order valence-electron chi connectivity index (χ4n) is 5.29. The summed E-state index contributed by atoms with van der Waals surface area (Å²) < 4.78 is 0. The SMILES string of the molecule is C/C=C/c1ccc(C(=O)C(=O)c2ccc(/C=C/C(=O)NCCc3ccccc3)cc2)cc1.C/C=C/c1ccc(C(=O)C(=O)c2ccc(/C=C/C(O)O)cc2)cc1.ClCCl. The number of alkyl halides is 2. The predicted molar refractivity (Wildman–Crippen MR) is 239 cm³/mol. The Kier molecular flexibility index (Phi) is 20.6. The van der Waals surface area contributed by atoms with Crippen molar-refractivity contribution in [3.63, 3.8) is 0 Å². The molecule has 302 valence electrons. The average Bonchev–Trinajstić information content (AvgIpc) is 3.26. The molecule has 0 spiro atoms. The van der Waals surface area contributed by atoms with E-state index >= 15 is 0 Å². The first-order valence-corrected chi connectivity index (χ1v) is 19.6.